The Morgan fingerprint density at radius 1 is 1.32 bits per heavy atom. The van der Waals surface area contributed by atoms with Crippen molar-refractivity contribution in [3.05, 3.63) is 20.8 Å². The van der Waals surface area contributed by atoms with E-state index in [9.17, 15) is 9.59 Å². The number of fused-ring (bicyclic) bond motifs is 1. The minimum absolute atomic E-state index is 0.00926. The smallest absolute Gasteiger partial charge is 0.263 e. The summed E-state index contributed by atoms with van der Waals surface area (Å²) in [5.74, 6) is 0.352. The highest BCUT2D eigenvalue weighted by Crippen LogP contribution is 2.29. The molecule has 6 nitrogen and oxygen atoms in total. The summed E-state index contributed by atoms with van der Waals surface area (Å²) in [7, 11) is 0. The van der Waals surface area contributed by atoms with E-state index < -0.39 is 0 Å². The summed E-state index contributed by atoms with van der Waals surface area (Å²) >= 11 is 2.89. The Morgan fingerprint density at radius 2 is 2.00 bits per heavy atom. The highest BCUT2D eigenvalue weighted by Gasteiger charge is 2.21. The molecule has 0 saturated carbocycles. The van der Waals surface area contributed by atoms with Gasteiger partial charge in [-0.1, -0.05) is 11.8 Å². The fraction of sp³-hybridized carbons (Fsp3) is 0.588. The number of hydrogen-bond acceptors (Lipinski definition) is 6. The number of morpholine rings is 1. The summed E-state index contributed by atoms with van der Waals surface area (Å²) in [6.45, 7) is 10.4. The molecule has 0 aliphatic carbocycles. The maximum Gasteiger partial charge on any atom is 0.263 e. The van der Waals surface area contributed by atoms with Crippen LogP contribution in [0, 0.1) is 13.8 Å². The van der Waals surface area contributed by atoms with E-state index in [4.69, 9.17) is 9.72 Å². The molecule has 0 spiro atoms. The van der Waals surface area contributed by atoms with Gasteiger partial charge in [-0.25, -0.2) is 4.98 Å². The van der Waals surface area contributed by atoms with Crippen molar-refractivity contribution in [1.82, 2.24) is 14.5 Å². The van der Waals surface area contributed by atoms with E-state index in [1.165, 1.54) is 11.8 Å². The van der Waals surface area contributed by atoms with Crippen molar-refractivity contribution in [2.75, 3.05) is 32.1 Å². The molecule has 0 N–H and O–H groups in total. The lowest BCUT2D eigenvalue weighted by molar-refractivity contribution is -0.132. The van der Waals surface area contributed by atoms with Crippen LogP contribution in [0.4, 0.5) is 0 Å². The third kappa shape index (κ3) is 3.61. The van der Waals surface area contributed by atoms with Crippen LogP contribution >= 0.6 is 23.1 Å². The zero-order valence-electron chi connectivity index (χ0n) is 15.0. The first-order valence-corrected chi connectivity index (χ1v) is 10.2. The van der Waals surface area contributed by atoms with Crippen LogP contribution in [0.2, 0.25) is 0 Å². The zero-order valence-corrected chi connectivity index (χ0v) is 16.6. The standard InChI is InChI=1S/C17H23N3O3S2/c1-10(2)20-16(22)14-11(3)12(4)25-15(14)18-17(20)24-9-13(21)19-5-7-23-8-6-19/h10H,5-9H2,1-4H3. The maximum absolute atomic E-state index is 13.0. The molecule has 0 atom stereocenters. The number of thioether (sulfide) groups is 1. The van der Waals surface area contributed by atoms with E-state index in [0.29, 0.717) is 36.8 Å². The van der Waals surface area contributed by atoms with Crippen molar-refractivity contribution >= 4 is 39.2 Å². The molecule has 25 heavy (non-hydrogen) atoms. The molecule has 1 aliphatic heterocycles. The van der Waals surface area contributed by atoms with Gasteiger partial charge in [-0.2, -0.15) is 0 Å². The largest absolute Gasteiger partial charge is 0.378 e. The summed E-state index contributed by atoms with van der Waals surface area (Å²) in [6.07, 6.45) is 0. The van der Waals surface area contributed by atoms with Gasteiger partial charge in [0.25, 0.3) is 5.56 Å². The van der Waals surface area contributed by atoms with Crippen LogP contribution in [0.25, 0.3) is 10.2 Å². The average Bonchev–Trinajstić information content (AvgIpc) is 2.87. The van der Waals surface area contributed by atoms with E-state index in [1.54, 1.807) is 15.9 Å². The highest BCUT2D eigenvalue weighted by molar-refractivity contribution is 7.99. The van der Waals surface area contributed by atoms with Crippen molar-refractivity contribution < 1.29 is 9.53 Å². The summed E-state index contributed by atoms with van der Waals surface area (Å²) in [5.41, 5.74) is 0.996. The van der Waals surface area contributed by atoms with Crippen molar-refractivity contribution in [3.63, 3.8) is 0 Å². The summed E-state index contributed by atoms with van der Waals surface area (Å²) < 4.78 is 6.99. The number of aryl methyl sites for hydroxylation is 2. The van der Waals surface area contributed by atoms with Crippen LogP contribution < -0.4 is 5.56 Å². The zero-order chi connectivity index (χ0) is 18.1. The number of rotatable bonds is 4. The van der Waals surface area contributed by atoms with E-state index in [1.807, 2.05) is 32.6 Å². The fourth-order valence-electron chi connectivity index (χ4n) is 2.88. The molecule has 2 aromatic heterocycles. The molecular weight excluding hydrogens is 358 g/mol. The number of nitrogens with zero attached hydrogens (tertiary/aromatic N) is 3. The Hall–Kier alpha value is -1.38. The molecule has 1 saturated heterocycles. The van der Waals surface area contributed by atoms with E-state index in [0.717, 1.165) is 15.3 Å². The lowest BCUT2D eigenvalue weighted by Crippen LogP contribution is -2.41. The Morgan fingerprint density at radius 3 is 2.64 bits per heavy atom. The number of ether oxygens (including phenoxy) is 1. The van der Waals surface area contributed by atoms with Gasteiger partial charge in [-0.05, 0) is 33.3 Å². The van der Waals surface area contributed by atoms with Gasteiger partial charge in [-0.15, -0.1) is 11.3 Å². The van der Waals surface area contributed by atoms with Gasteiger partial charge in [0.2, 0.25) is 5.91 Å². The molecule has 0 radical (unpaired) electrons. The van der Waals surface area contributed by atoms with Gasteiger partial charge in [0.15, 0.2) is 5.16 Å². The molecule has 3 rings (SSSR count). The van der Waals surface area contributed by atoms with Crippen LogP contribution in [0.15, 0.2) is 9.95 Å². The van der Waals surface area contributed by atoms with E-state index >= 15 is 0 Å². The molecule has 1 amide bonds. The number of aromatic nitrogens is 2. The third-order valence-electron chi connectivity index (χ3n) is 4.41. The highest BCUT2D eigenvalue weighted by atomic mass is 32.2. The lowest BCUT2D eigenvalue weighted by atomic mass is 10.2. The fourth-order valence-corrected chi connectivity index (χ4v) is 4.98. The number of hydrogen-bond donors (Lipinski definition) is 0. The van der Waals surface area contributed by atoms with Gasteiger partial charge >= 0.3 is 0 Å². The monoisotopic (exact) mass is 381 g/mol. The van der Waals surface area contributed by atoms with Gasteiger partial charge < -0.3 is 9.64 Å². The molecule has 0 bridgehead atoms. The first-order chi connectivity index (χ1) is 11.9. The molecule has 1 aliphatic rings. The number of amides is 1. The Labute approximate surface area is 155 Å². The van der Waals surface area contributed by atoms with Crippen LogP contribution in [-0.2, 0) is 9.53 Å². The van der Waals surface area contributed by atoms with Crippen molar-refractivity contribution in [2.24, 2.45) is 0 Å². The summed E-state index contributed by atoms with van der Waals surface area (Å²) in [5, 5.41) is 1.33. The van der Waals surface area contributed by atoms with Gasteiger partial charge in [0.1, 0.15) is 4.83 Å². The summed E-state index contributed by atoms with van der Waals surface area (Å²) in [4.78, 5) is 33.8. The average molecular weight is 382 g/mol. The number of thiophene rings is 1. The van der Waals surface area contributed by atoms with Gasteiger partial charge in [0, 0.05) is 24.0 Å². The molecule has 0 aromatic carbocycles. The van der Waals surface area contributed by atoms with Crippen LogP contribution in [0.1, 0.15) is 30.3 Å². The van der Waals surface area contributed by atoms with Crippen molar-refractivity contribution in [1.29, 1.82) is 0 Å². The third-order valence-corrected chi connectivity index (χ3v) is 6.45. The molecular formula is C17H23N3O3S2. The van der Waals surface area contributed by atoms with Gasteiger partial charge in [-0.3, -0.25) is 14.2 Å². The molecule has 2 aromatic rings. The predicted molar refractivity (Wildman–Crippen MR) is 102 cm³/mol. The van der Waals surface area contributed by atoms with E-state index in [2.05, 4.69) is 0 Å². The Balaban J connectivity index is 1.91. The minimum atomic E-state index is -0.0110. The van der Waals surface area contributed by atoms with Crippen LogP contribution in [-0.4, -0.2) is 52.4 Å². The lowest BCUT2D eigenvalue weighted by Gasteiger charge is -2.26. The predicted octanol–water partition coefficient (Wildman–Crippen LogP) is 2.61. The second-order valence-electron chi connectivity index (χ2n) is 6.41. The molecule has 1 fully saturated rings. The van der Waals surface area contributed by atoms with Crippen molar-refractivity contribution in [3.8, 4) is 0 Å². The molecule has 3 heterocycles. The second kappa shape index (κ2) is 7.47. The first-order valence-electron chi connectivity index (χ1n) is 8.40. The van der Waals surface area contributed by atoms with Crippen LogP contribution in [0.5, 0.6) is 0 Å². The van der Waals surface area contributed by atoms with Gasteiger partial charge in [0.05, 0.1) is 24.4 Å². The molecule has 0 unspecified atom stereocenters. The SMILES string of the molecule is Cc1sc2nc(SCC(=O)N3CCOCC3)n(C(C)C)c(=O)c2c1C. The Bertz CT molecular complexity index is 851. The first kappa shape index (κ1) is 18.4. The van der Waals surface area contributed by atoms with Crippen molar-refractivity contribution in [2.45, 2.75) is 38.9 Å². The quantitative estimate of drug-likeness (QED) is 0.602. The van der Waals surface area contributed by atoms with E-state index in [-0.39, 0.29) is 23.3 Å². The minimum Gasteiger partial charge on any atom is -0.378 e. The maximum atomic E-state index is 13.0. The van der Waals surface area contributed by atoms with Crippen LogP contribution in [0.3, 0.4) is 0 Å². The normalized spacial score (nSPS) is 15.3. The Kier molecular flexibility index (Phi) is 5.50. The topological polar surface area (TPSA) is 64.4 Å². The number of carbonyl (C=O) groups is 1. The molecule has 136 valence electrons. The summed E-state index contributed by atoms with van der Waals surface area (Å²) in [6, 6.07) is -0.00926. The second-order valence-corrected chi connectivity index (χ2v) is 8.55. The number of carbonyl (C=O) groups excluding carboxylic acids is 1. The molecule has 8 heteroatoms.